The minimum absolute atomic E-state index is 0.287. The topological polar surface area (TPSA) is 114 Å². The number of hydrogen-bond acceptors (Lipinski definition) is 10. The van der Waals surface area contributed by atoms with E-state index in [0.29, 0.717) is 23.5 Å². The van der Waals surface area contributed by atoms with Crippen molar-refractivity contribution in [3.63, 3.8) is 0 Å². The van der Waals surface area contributed by atoms with E-state index >= 15 is 0 Å². The van der Waals surface area contributed by atoms with Gasteiger partial charge in [0.25, 0.3) is 0 Å². The predicted octanol–water partition coefficient (Wildman–Crippen LogP) is 2.18. The molecule has 2 fully saturated rings. The molecule has 0 amide bonds. The predicted molar refractivity (Wildman–Crippen MR) is 136 cm³/mol. The lowest BCUT2D eigenvalue weighted by molar-refractivity contribution is 0.0341. The molecule has 0 saturated carbocycles. The second-order valence-electron chi connectivity index (χ2n) is 9.37. The zero-order valence-electron chi connectivity index (χ0n) is 20.0. The minimum atomic E-state index is 0.287. The highest BCUT2D eigenvalue weighted by Crippen LogP contribution is 2.32. The Kier molecular flexibility index (Phi) is 7.68. The number of hydrogen-bond donors (Lipinski definition) is 3. The highest BCUT2D eigenvalue weighted by Gasteiger charge is 2.23. The first kappa shape index (κ1) is 23.5. The lowest BCUT2D eigenvalue weighted by Gasteiger charge is -2.29. The number of aromatic nitrogens is 3. The van der Waals surface area contributed by atoms with Crippen molar-refractivity contribution in [3.8, 4) is 6.07 Å². The van der Waals surface area contributed by atoms with Crippen LogP contribution in [0.1, 0.15) is 18.5 Å². The summed E-state index contributed by atoms with van der Waals surface area (Å²) in [6.07, 6.45) is 11.9. The van der Waals surface area contributed by atoms with E-state index < -0.39 is 0 Å². The molecule has 2 unspecified atom stereocenters. The summed E-state index contributed by atoms with van der Waals surface area (Å²) >= 11 is 0. The van der Waals surface area contributed by atoms with Crippen LogP contribution < -0.4 is 20.9 Å². The maximum Gasteiger partial charge on any atom is 0.158 e. The molecule has 0 radical (unpaired) electrons. The monoisotopic (exact) mass is 475 g/mol. The van der Waals surface area contributed by atoms with Gasteiger partial charge in [0.2, 0.25) is 0 Å². The van der Waals surface area contributed by atoms with Gasteiger partial charge in [-0.15, -0.1) is 0 Å². The molecule has 0 aliphatic carbocycles. The van der Waals surface area contributed by atoms with Crippen LogP contribution in [0.3, 0.4) is 0 Å². The first-order valence-electron chi connectivity index (χ1n) is 12.5. The highest BCUT2D eigenvalue weighted by atomic mass is 16.5. The van der Waals surface area contributed by atoms with Crippen molar-refractivity contribution < 1.29 is 4.74 Å². The highest BCUT2D eigenvalue weighted by molar-refractivity contribution is 5.75. The SMILES string of the molecule is N#Cc1cnc(Nc2cc(NCC3CCCNC3)c(N3C=CC(CN4CCOCC4)C3)cn2)cn1. The Morgan fingerprint density at radius 1 is 1.14 bits per heavy atom. The number of pyridine rings is 1. The Hall–Kier alpha value is -3.26. The zero-order chi connectivity index (χ0) is 23.9. The lowest BCUT2D eigenvalue weighted by atomic mass is 10.00. The number of nitrogens with zero attached hydrogens (tertiary/aromatic N) is 6. The van der Waals surface area contributed by atoms with E-state index in [9.17, 15) is 0 Å². The zero-order valence-corrected chi connectivity index (χ0v) is 20.0. The van der Waals surface area contributed by atoms with Crippen molar-refractivity contribution in [1.82, 2.24) is 25.2 Å². The van der Waals surface area contributed by atoms with E-state index in [1.807, 2.05) is 18.3 Å². The Balaban J connectivity index is 1.29. The van der Waals surface area contributed by atoms with E-state index in [4.69, 9.17) is 10.00 Å². The lowest BCUT2D eigenvalue weighted by Crippen LogP contribution is -2.40. The fourth-order valence-corrected chi connectivity index (χ4v) is 4.83. The summed E-state index contributed by atoms with van der Waals surface area (Å²) < 4.78 is 5.49. The molecule has 184 valence electrons. The number of nitriles is 1. The van der Waals surface area contributed by atoms with Gasteiger partial charge >= 0.3 is 0 Å². The smallest absolute Gasteiger partial charge is 0.158 e. The van der Waals surface area contributed by atoms with E-state index in [-0.39, 0.29) is 5.69 Å². The number of ether oxygens (including phenoxy) is 1. The van der Waals surface area contributed by atoms with Crippen molar-refractivity contribution in [2.45, 2.75) is 12.8 Å². The maximum atomic E-state index is 8.95. The molecule has 2 saturated heterocycles. The van der Waals surface area contributed by atoms with Gasteiger partial charge in [0.1, 0.15) is 17.7 Å². The molecule has 0 bridgehead atoms. The van der Waals surface area contributed by atoms with Crippen LogP contribution in [0.4, 0.5) is 23.0 Å². The largest absolute Gasteiger partial charge is 0.383 e. The first-order chi connectivity index (χ1) is 17.3. The molecule has 0 spiro atoms. The number of piperidine rings is 1. The van der Waals surface area contributed by atoms with Crippen LogP contribution in [0.2, 0.25) is 0 Å². The van der Waals surface area contributed by atoms with E-state index in [2.05, 4.69) is 53.0 Å². The number of rotatable bonds is 8. The van der Waals surface area contributed by atoms with Crippen molar-refractivity contribution >= 4 is 23.0 Å². The van der Waals surface area contributed by atoms with Crippen LogP contribution in [-0.4, -0.2) is 78.9 Å². The van der Waals surface area contributed by atoms with Gasteiger partial charge in [0, 0.05) is 50.9 Å². The summed E-state index contributed by atoms with van der Waals surface area (Å²) in [5.74, 6) is 2.33. The van der Waals surface area contributed by atoms with Crippen molar-refractivity contribution in [2.24, 2.45) is 11.8 Å². The fourth-order valence-electron chi connectivity index (χ4n) is 4.83. The molecule has 0 aromatic carbocycles. The van der Waals surface area contributed by atoms with Gasteiger partial charge in [-0.3, -0.25) is 4.90 Å². The van der Waals surface area contributed by atoms with Crippen molar-refractivity contribution in [1.29, 1.82) is 5.26 Å². The molecule has 5 heterocycles. The molecule has 2 aromatic rings. The molecule has 3 aliphatic rings. The Morgan fingerprint density at radius 2 is 2.03 bits per heavy atom. The molecule has 10 heteroatoms. The molecule has 35 heavy (non-hydrogen) atoms. The van der Waals surface area contributed by atoms with Gasteiger partial charge in [-0.2, -0.15) is 5.26 Å². The normalized spacial score (nSPS) is 22.7. The summed E-state index contributed by atoms with van der Waals surface area (Å²) in [6.45, 7) is 8.72. The van der Waals surface area contributed by atoms with Crippen LogP contribution >= 0.6 is 0 Å². The Bertz CT molecular complexity index is 1040. The van der Waals surface area contributed by atoms with Gasteiger partial charge in [0.15, 0.2) is 5.69 Å². The third-order valence-electron chi connectivity index (χ3n) is 6.76. The van der Waals surface area contributed by atoms with Crippen LogP contribution in [0.15, 0.2) is 36.9 Å². The van der Waals surface area contributed by atoms with E-state index in [1.165, 1.54) is 19.0 Å². The number of anilines is 4. The fraction of sp³-hybridized carbons (Fsp3) is 0.520. The third-order valence-corrected chi connectivity index (χ3v) is 6.76. The molecule has 3 aliphatic heterocycles. The van der Waals surface area contributed by atoms with Crippen LogP contribution in [-0.2, 0) is 4.74 Å². The second-order valence-corrected chi connectivity index (χ2v) is 9.37. The Labute approximate surface area is 206 Å². The van der Waals surface area contributed by atoms with E-state index in [0.717, 1.165) is 70.4 Å². The second kappa shape index (κ2) is 11.4. The molecule has 2 aromatic heterocycles. The van der Waals surface area contributed by atoms with Gasteiger partial charge in [-0.1, -0.05) is 6.08 Å². The van der Waals surface area contributed by atoms with Crippen LogP contribution in [0.25, 0.3) is 0 Å². The average Bonchev–Trinajstić information content (AvgIpc) is 3.37. The molecular formula is C25H33N9O. The summed E-state index contributed by atoms with van der Waals surface area (Å²) in [7, 11) is 0. The molecule has 10 nitrogen and oxygen atoms in total. The Morgan fingerprint density at radius 3 is 2.80 bits per heavy atom. The van der Waals surface area contributed by atoms with Gasteiger partial charge in [-0.05, 0) is 31.8 Å². The van der Waals surface area contributed by atoms with E-state index in [1.54, 1.807) is 6.20 Å². The first-order valence-corrected chi connectivity index (χ1v) is 12.5. The summed E-state index contributed by atoms with van der Waals surface area (Å²) in [5, 5.41) is 19.4. The van der Waals surface area contributed by atoms with Crippen molar-refractivity contribution in [2.75, 3.05) is 74.6 Å². The van der Waals surface area contributed by atoms with Gasteiger partial charge in [0.05, 0.1) is 43.2 Å². The quantitative estimate of drug-likeness (QED) is 0.525. The van der Waals surface area contributed by atoms with Gasteiger partial charge in [-0.25, -0.2) is 15.0 Å². The van der Waals surface area contributed by atoms with Crippen LogP contribution in [0, 0.1) is 23.2 Å². The molecule has 3 N–H and O–H groups in total. The van der Waals surface area contributed by atoms with Crippen LogP contribution in [0.5, 0.6) is 0 Å². The molecule has 2 atom stereocenters. The minimum Gasteiger partial charge on any atom is -0.383 e. The molecule has 5 rings (SSSR count). The summed E-state index contributed by atoms with van der Waals surface area (Å²) in [5.41, 5.74) is 2.41. The standard InChI is InChI=1S/C25H33N9O/c26-11-21-14-30-25(16-28-21)32-24-10-22(29-13-19-2-1-4-27-12-19)23(15-31-24)34-5-3-20(18-34)17-33-6-8-35-9-7-33/h3,5,10,14-16,19-20,27H,1-2,4,6-9,12-13,17-18H2,(H2,29,30,31,32). The summed E-state index contributed by atoms with van der Waals surface area (Å²) in [6, 6.07) is 4.03. The van der Waals surface area contributed by atoms with Gasteiger partial charge < -0.3 is 25.6 Å². The number of nitrogens with one attached hydrogen (secondary N) is 3. The van der Waals surface area contributed by atoms with Crippen molar-refractivity contribution in [3.05, 3.63) is 42.6 Å². The summed E-state index contributed by atoms with van der Waals surface area (Å²) in [4.78, 5) is 17.8. The third kappa shape index (κ3) is 6.25. The number of morpholine rings is 1. The average molecular weight is 476 g/mol. The molecular weight excluding hydrogens is 442 g/mol. The maximum absolute atomic E-state index is 8.95.